The Morgan fingerprint density at radius 2 is 1.88 bits per heavy atom. The fraction of sp³-hybridized carbons (Fsp3) is 0.160. The van der Waals surface area contributed by atoms with Gasteiger partial charge in [-0.25, -0.2) is 0 Å². The predicted octanol–water partition coefficient (Wildman–Crippen LogP) is 6.22. The molecule has 8 heteroatoms. The zero-order valence-electron chi connectivity index (χ0n) is 18.1. The lowest BCUT2D eigenvalue weighted by Gasteiger charge is -2.16. The molecule has 0 atom stereocenters. The van der Waals surface area contributed by atoms with Crippen LogP contribution < -0.4 is 9.47 Å². The van der Waals surface area contributed by atoms with Crippen LogP contribution in [0.4, 0.5) is 5.69 Å². The molecule has 0 bridgehead atoms. The van der Waals surface area contributed by atoms with E-state index in [2.05, 4.69) is 27.7 Å². The standard InChI is InChI=1S/C25H23BrN2O5/c1-3-5-21-12-20(15-27-33-17-19-6-4-7-23(13-19)28(29)30)14-24(31-2)25(21)32-16-18-8-10-22(26)11-9-18/h3-4,6-15H,1,5,16-17H2,2H3/b27-15-. The number of allylic oxidation sites excluding steroid dienone is 1. The summed E-state index contributed by atoms with van der Waals surface area (Å²) < 4.78 is 12.7. The highest BCUT2D eigenvalue weighted by molar-refractivity contribution is 9.10. The summed E-state index contributed by atoms with van der Waals surface area (Å²) >= 11 is 3.43. The van der Waals surface area contributed by atoms with Gasteiger partial charge < -0.3 is 14.3 Å². The first-order chi connectivity index (χ1) is 16.0. The van der Waals surface area contributed by atoms with E-state index >= 15 is 0 Å². The number of nitrogens with zero attached hydrogens (tertiary/aromatic N) is 2. The van der Waals surface area contributed by atoms with E-state index in [0.29, 0.717) is 30.1 Å². The van der Waals surface area contributed by atoms with Crippen LogP contribution in [0.15, 0.2) is 82.9 Å². The van der Waals surface area contributed by atoms with E-state index in [9.17, 15) is 10.1 Å². The van der Waals surface area contributed by atoms with Crippen molar-refractivity contribution in [3.63, 3.8) is 0 Å². The van der Waals surface area contributed by atoms with Gasteiger partial charge in [-0.3, -0.25) is 10.1 Å². The van der Waals surface area contributed by atoms with Crippen molar-refractivity contribution in [2.45, 2.75) is 19.6 Å². The number of halogens is 1. The van der Waals surface area contributed by atoms with E-state index in [1.807, 2.05) is 36.4 Å². The Bertz CT molecular complexity index is 1150. The van der Waals surface area contributed by atoms with Crippen LogP contribution in [0.5, 0.6) is 11.5 Å². The maximum Gasteiger partial charge on any atom is 0.269 e. The fourth-order valence-corrected chi connectivity index (χ4v) is 3.35. The number of methoxy groups -OCH3 is 1. The van der Waals surface area contributed by atoms with Crippen LogP contribution in [-0.2, 0) is 24.5 Å². The van der Waals surface area contributed by atoms with Crippen molar-refractivity contribution in [3.05, 3.63) is 110 Å². The van der Waals surface area contributed by atoms with E-state index in [4.69, 9.17) is 14.3 Å². The first-order valence-electron chi connectivity index (χ1n) is 10.1. The van der Waals surface area contributed by atoms with Crippen LogP contribution in [-0.4, -0.2) is 18.2 Å². The van der Waals surface area contributed by atoms with E-state index in [1.165, 1.54) is 12.1 Å². The summed E-state index contributed by atoms with van der Waals surface area (Å²) in [4.78, 5) is 15.8. The Balaban J connectivity index is 1.72. The molecule has 7 nitrogen and oxygen atoms in total. The highest BCUT2D eigenvalue weighted by Crippen LogP contribution is 2.34. The second-order valence-corrected chi connectivity index (χ2v) is 7.97. The lowest BCUT2D eigenvalue weighted by atomic mass is 10.1. The number of benzene rings is 3. The molecule has 0 amide bonds. The monoisotopic (exact) mass is 510 g/mol. The van der Waals surface area contributed by atoms with Crippen molar-refractivity contribution in [1.82, 2.24) is 0 Å². The molecular weight excluding hydrogens is 488 g/mol. The largest absolute Gasteiger partial charge is 0.493 e. The van der Waals surface area contributed by atoms with Crippen LogP contribution in [0.25, 0.3) is 0 Å². The van der Waals surface area contributed by atoms with Crippen molar-refractivity contribution in [2.75, 3.05) is 7.11 Å². The van der Waals surface area contributed by atoms with Crippen molar-refractivity contribution < 1.29 is 19.2 Å². The Morgan fingerprint density at radius 3 is 2.58 bits per heavy atom. The van der Waals surface area contributed by atoms with E-state index in [1.54, 1.807) is 31.5 Å². The first-order valence-corrected chi connectivity index (χ1v) is 10.9. The quantitative estimate of drug-likeness (QED) is 0.132. The van der Waals surface area contributed by atoms with E-state index in [0.717, 1.165) is 21.2 Å². The minimum absolute atomic E-state index is 0.0117. The number of oxime groups is 1. The van der Waals surface area contributed by atoms with Crippen LogP contribution in [0.1, 0.15) is 22.3 Å². The molecule has 0 saturated heterocycles. The van der Waals surface area contributed by atoms with Crippen LogP contribution >= 0.6 is 15.9 Å². The summed E-state index contributed by atoms with van der Waals surface area (Å²) in [5.74, 6) is 1.22. The molecule has 0 aromatic heterocycles. The summed E-state index contributed by atoms with van der Waals surface area (Å²) in [6, 6.07) is 17.9. The fourth-order valence-electron chi connectivity index (χ4n) is 3.09. The van der Waals surface area contributed by atoms with Crippen molar-refractivity contribution >= 4 is 27.8 Å². The summed E-state index contributed by atoms with van der Waals surface area (Å²) in [5, 5.41) is 14.9. The van der Waals surface area contributed by atoms with Gasteiger partial charge >= 0.3 is 0 Å². The molecule has 0 aliphatic rings. The molecule has 0 N–H and O–H groups in total. The third-order valence-electron chi connectivity index (χ3n) is 4.66. The summed E-state index contributed by atoms with van der Waals surface area (Å²) in [7, 11) is 1.58. The van der Waals surface area contributed by atoms with E-state index < -0.39 is 4.92 Å². The van der Waals surface area contributed by atoms with Gasteiger partial charge in [0.25, 0.3) is 5.69 Å². The molecule has 3 aromatic rings. The molecule has 170 valence electrons. The van der Waals surface area contributed by atoms with Crippen LogP contribution in [0, 0.1) is 10.1 Å². The van der Waals surface area contributed by atoms with E-state index in [-0.39, 0.29) is 12.3 Å². The van der Waals surface area contributed by atoms with Gasteiger partial charge in [0.2, 0.25) is 0 Å². The molecule has 0 aliphatic heterocycles. The van der Waals surface area contributed by atoms with Gasteiger partial charge in [-0.05, 0) is 41.8 Å². The van der Waals surface area contributed by atoms with Crippen molar-refractivity contribution in [3.8, 4) is 11.5 Å². The minimum atomic E-state index is -0.444. The smallest absolute Gasteiger partial charge is 0.269 e. The second kappa shape index (κ2) is 11.8. The third-order valence-corrected chi connectivity index (χ3v) is 5.19. The highest BCUT2D eigenvalue weighted by atomic mass is 79.9. The number of hydrogen-bond donors (Lipinski definition) is 0. The highest BCUT2D eigenvalue weighted by Gasteiger charge is 2.13. The lowest BCUT2D eigenvalue weighted by molar-refractivity contribution is -0.384. The zero-order valence-corrected chi connectivity index (χ0v) is 19.7. The topological polar surface area (TPSA) is 83.2 Å². The normalized spacial score (nSPS) is 10.7. The number of ether oxygens (including phenoxy) is 2. The van der Waals surface area contributed by atoms with Gasteiger partial charge in [0.05, 0.1) is 18.2 Å². The Hall–Kier alpha value is -3.65. The summed E-state index contributed by atoms with van der Waals surface area (Å²) in [6.45, 7) is 4.34. The zero-order chi connectivity index (χ0) is 23.6. The molecule has 0 heterocycles. The second-order valence-electron chi connectivity index (χ2n) is 7.05. The minimum Gasteiger partial charge on any atom is -0.493 e. The van der Waals surface area contributed by atoms with Gasteiger partial charge in [0.15, 0.2) is 11.5 Å². The SMILES string of the molecule is C=CCc1cc(/C=N\OCc2cccc([N+](=O)[O-])c2)cc(OC)c1OCc1ccc(Br)cc1. The van der Waals surface area contributed by atoms with Crippen molar-refractivity contribution in [2.24, 2.45) is 5.16 Å². The number of rotatable bonds is 11. The molecule has 3 rings (SSSR count). The average Bonchev–Trinajstić information content (AvgIpc) is 2.82. The van der Waals surface area contributed by atoms with Gasteiger partial charge in [-0.15, -0.1) is 6.58 Å². The van der Waals surface area contributed by atoms with Gasteiger partial charge in [0, 0.05) is 27.7 Å². The Kier molecular flexibility index (Phi) is 8.60. The maximum absolute atomic E-state index is 10.9. The lowest BCUT2D eigenvalue weighted by Crippen LogP contribution is -2.02. The van der Waals surface area contributed by atoms with Crippen molar-refractivity contribution in [1.29, 1.82) is 0 Å². The van der Waals surface area contributed by atoms with Gasteiger partial charge in [-0.2, -0.15) is 0 Å². The Labute approximate surface area is 200 Å². The molecular formula is C25H23BrN2O5. The Morgan fingerprint density at radius 1 is 1.09 bits per heavy atom. The number of non-ortho nitro benzene ring substituents is 1. The number of nitro groups is 1. The van der Waals surface area contributed by atoms with Crippen LogP contribution in [0.2, 0.25) is 0 Å². The predicted molar refractivity (Wildman–Crippen MR) is 131 cm³/mol. The van der Waals surface area contributed by atoms with Gasteiger partial charge in [-0.1, -0.05) is 51.4 Å². The number of nitro benzene ring substituents is 1. The van der Waals surface area contributed by atoms with Crippen LogP contribution in [0.3, 0.4) is 0 Å². The molecule has 3 aromatic carbocycles. The molecule has 0 radical (unpaired) electrons. The average molecular weight is 511 g/mol. The summed E-state index contributed by atoms with van der Waals surface area (Å²) in [6.07, 6.45) is 3.94. The third kappa shape index (κ3) is 6.92. The molecule has 0 unspecified atom stereocenters. The number of hydrogen-bond acceptors (Lipinski definition) is 6. The van der Waals surface area contributed by atoms with Gasteiger partial charge in [0.1, 0.15) is 13.2 Å². The molecule has 0 fully saturated rings. The maximum atomic E-state index is 10.9. The first kappa shape index (κ1) is 24.0. The molecule has 0 saturated carbocycles. The molecule has 0 aliphatic carbocycles. The molecule has 0 spiro atoms. The molecule has 33 heavy (non-hydrogen) atoms. The summed E-state index contributed by atoms with van der Waals surface area (Å²) in [5.41, 5.74) is 3.37.